The van der Waals surface area contributed by atoms with Crippen molar-refractivity contribution in [2.24, 2.45) is 0 Å². The molecular formula is C33H38ClN3. The molecule has 192 valence electrons. The molecule has 1 aliphatic rings. The van der Waals surface area contributed by atoms with Crippen molar-refractivity contribution in [1.82, 2.24) is 9.88 Å². The fourth-order valence-electron chi connectivity index (χ4n) is 5.84. The van der Waals surface area contributed by atoms with Crippen LogP contribution in [0.3, 0.4) is 0 Å². The fourth-order valence-corrected chi connectivity index (χ4v) is 6.00. The van der Waals surface area contributed by atoms with Crippen LogP contribution in [0.25, 0.3) is 22.2 Å². The number of nitrogens with zero attached hydrogens (tertiary/aromatic N) is 3. The Morgan fingerprint density at radius 2 is 1.62 bits per heavy atom. The van der Waals surface area contributed by atoms with Crippen molar-refractivity contribution in [2.75, 3.05) is 25.0 Å². The molecule has 4 heteroatoms. The summed E-state index contributed by atoms with van der Waals surface area (Å²) in [6.07, 6.45) is 7.44. The molecule has 0 amide bonds. The van der Waals surface area contributed by atoms with Gasteiger partial charge >= 0.3 is 0 Å². The summed E-state index contributed by atoms with van der Waals surface area (Å²) < 4.78 is 0. The first-order valence-corrected chi connectivity index (χ1v) is 14.2. The maximum absolute atomic E-state index is 6.38. The maximum Gasteiger partial charge on any atom is 0.0745 e. The molecule has 1 atom stereocenters. The predicted octanol–water partition coefficient (Wildman–Crippen LogP) is 8.78. The van der Waals surface area contributed by atoms with E-state index in [4.69, 9.17) is 16.6 Å². The summed E-state index contributed by atoms with van der Waals surface area (Å²) in [6, 6.07) is 30.9. The average molecular weight is 512 g/mol. The summed E-state index contributed by atoms with van der Waals surface area (Å²) >= 11 is 6.38. The lowest BCUT2D eigenvalue weighted by molar-refractivity contribution is 0.142. The van der Waals surface area contributed by atoms with Gasteiger partial charge < -0.3 is 4.90 Å². The van der Waals surface area contributed by atoms with Crippen LogP contribution in [0.5, 0.6) is 0 Å². The smallest absolute Gasteiger partial charge is 0.0745 e. The Labute approximate surface area is 227 Å². The molecule has 4 aromatic rings. The highest BCUT2D eigenvalue weighted by molar-refractivity contribution is 6.31. The minimum Gasteiger partial charge on any atom is -0.371 e. The van der Waals surface area contributed by atoms with Gasteiger partial charge in [-0.05, 0) is 49.1 Å². The number of fused-ring (bicyclic) bond motifs is 1. The highest BCUT2D eigenvalue weighted by Crippen LogP contribution is 2.36. The van der Waals surface area contributed by atoms with E-state index in [0.29, 0.717) is 12.1 Å². The molecule has 0 saturated carbocycles. The van der Waals surface area contributed by atoms with E-state index in [1.54, 1.807) is 0 Å². The third-order valence-corrected chi connectivity index (χ3v) is 8.19. The number of hydrogen-bond donors (Lipinski definition) is 0. The molecule has 3 nitrogen and oxygen atoms in total. The third-order valence-electron chi connectivity index (χ3n) is 7.95. The Hall–Kier alpha value is -2.88. The van der Waals surface area contributed by atoms with Crippen molar-refractivity contribution in [1.29, 1.82) is 0 Å². The zero-order valence-corrected chi connectivity index (χ0v) is 22.9. The second-order valence-electron chi connectivity index (χ2n) is 10.4. The van der Waals surface area contributed by atoms with Gasteiger partial charge in [-0.3, -0.25) is 4.90 Å². The van der Waals surface area contributed by atoms with Crippen LogP contribution in [0.4, 0.5) is 5.69 Å². The van der Waals surface area contributed by atoms with E-state index < -0.39 is 0 Å². The quantitative estimate of drug-likeness (QED) is 0.209. The summed E-state index contributed by atoms with van der Waals surface area (Å²) in [5, 5.41) is 1.89. The highest BCUT2D eigenvalue weighted by Gasteiger charge is 2.28. The lowest BCUT2D eigenvalue weighted by Crippen LogP contribution is -2.44. The molecule has 0 aliphatic carbocycles. The van der Waals surface area contributed by atoms with Crippen LogP contribution in [0.2, 0.25) is 5.02 Å². The third kappa shape index (κ3) is 6.00. The van der Waals surface area contributed by atoms with Crippen LogP contribution < -0.4 is 4.90 Å². The first-order chi connectivity index (χ1) is 18.1. The zero-order valence-electron chi connectivity index (χ0n) is 22.1. The van der Waals surface area contributed by atoms with Crippen LogP contribution in [-0.2, 0) is 0 Å². The zero-order chi connectivity index (χ0) is 25.6. The topological polar surface area (TPSA) is 19.4 Å². The minimum atomic E-state index is 0.494. The fraction of sp³-hybridized carbons (Fsp3) is 0.364. The average Bonchev–Trinajstić information content (AvgIpc) is 2.95. The van der Waals surface area contributed by atoms with Crippen molar-refractivity contribution < 1.29 is 0 Å². The number of anilines is 1. The Morgan fingerprint density at radius 3 is 2.32 bits per heavy atom. The number of piperidine rings is 1. The van der Waals surface area contributed by atoms with E-state index in [2.05, 4.69) is 90.5 Å². The number of hydrogen-bond acceptors (Lipinski definition) is 3. The first kappa shape index (κ1) is 25.8. The van der Waals surface area contributed by atoms with Gasteiger partial charge in [0, 0.05) is 53.9 Å². The first-order valence-electron chi connectivity index (χ1n) is 13.8. The number of likely N-dealkylation sites (tertiary alicyclic amines) is 1. The van der Waals surface area contributed by atoms with Gasteiger partial charge in [-0.1, -0.05) is 98.5 Å². The molecule has 5 rings (SSSR count). The van der Waals surface area contributed by atoms with Gasteiger partial charge in [0.2, 0.25) is 0 Å². The Morgan fingerprint density at radius 1 is 0.919 bits per heavy atom. The highest BCUT2D eigenvalue weighted by atomic mass is 35.5. The normalized spacial score (nSPS) is 15.6. The Kier molecular flexibility index (Phi) is 8.43. The summed E-state index contributed by atoms with van der Waals surface area (Å²) in [5.74, 6) is 0. The van der Waals surface area contributed by atoms with Gasteiger partial charge in [0.1, 0.15) is 0 Å². The summed E-state index contributed by atoms with van der Waals surface area (Å²) in [4.78, 5) is 10.2. The molecule has 3 aromatic carbocycles. The second kappa shape index (κ2) is 12.1. The lowest BCUT2D eigenvalue weighted by Gasteiger charge is -2.41. The van der Waals surface area contributed by atoms with Gasteiger partial charge in [0.25, 0.3) is 0 Å². The summed E-state index contributed by atoms with van der Waals surface area (Å²) in [6.45, 7) is 4.54. The van der Waals surface area contributed by atoms with Crippen molar-refractivity contribution in [3.8, 4) is 11.3 Å². The van der Waals surface area contributed by atoms with Crippen molar-refractivity contribution >= 4 is 28.2 Å². The summed E-state index contributed by atoms with van der Waals surface area (Å²) in [7, 11) is 2.26. The van der Waals surface area contributed by atoms with Crippen LogP contribution >= 0.6 is 11.6 Å². The molecule has 0 N–H and O–H groups in total. The van der Waals surface area contributed by atoms with Gasteiger partial charge in [0.15, 0.2) is 0 Å². The van der Waals surface area contributed by atoms with E-state index in [-0.39, 0.29) is 0 Å². The van der Waals surface area contributed by atoms with Crippen LogP contribution in [0.1, 0.15) is 57.1 Å². The molecular weight excluding hydrogens is 474 g/mol. The number of rotatable bonds is 9. The molecule has 1 fully saturated rings. The molecule has 1 saturated heterocycles. The monoisotopic (exact) mass is 511 g/mol. The largest absolute Gasteiger partial charge is 0.371 e. The van der Waals surface area contributed by atoms with E-state index in [9.17, 15) is 0 Å². The number of benzene rings is 3. The van der Waals surface area contributed by atoms with Crippen molar-refractivity contribution in [3.63, 3.8) is 0 Å². The van der Waals surface area contributed by atoms with E-state index in [0.717, 1.165) is 53.1 Å². The van der Waals surface area contributed by atoms with Crippen molar-refractivity contribution in [2.45, 2.75) is 57.5 Å². The number of halogens is 1. The number of pyridine rings is 1. The van der Waals surface area contributed by atoms with Gasteiger partial charge in [-0.25, -0.2) is 4.98 Å². The molecule has 2 heterocycles. The molecule has 0 radical (unpaired) electrons. The second-order valence-corrected chi connectivity index (χ2v) is 10.8. The van der Waals surface area contributed by atoms with Gasteiger partial charge in [0.05, 0.1) is 11.2 Å². The molecule has 1 aliphatic heterocycles. The summed E-state index contributed by atoms with van der Waals surface area (Å²) in [5.41, 5.74) is 5.78. The van der Waals surface area contributed by atoms with Gasteiger partial charge in [-0.2, -0.15) is 0 Å². The molecule has 0 bridgehead atoms. The van der Waals surface area contributed by atoms with Gasteiger partial charge in [-0.15, -0.1) is 0 Å². The lowest BCUT2D eigenvalue weighted by atomic mass is 9.94. The van der Waals surface area contributed by atoms with Crippen LogP contribution in [-0.4, -0.2) is 36.1 Å². The number of aromatic nitrogens is 1. The minimum absolute atomic E-state index is 0.494. The molecule has 37 heavy (non-hydrogen) atoms. The predicted molar refractivity (Wildman–Crippen MR) is 159 cm³/mol. The molecule has 1 aromatic heterocycles. The van der Waals surface area contributed by atoms with Crippen LogP contribution in [0, 0.1) is 0 Å². The molecule has 1 unspecified atom stereocenters. The standard InChI is InChI=1S/C33H38ClN3/c1-3-4-7-16-32(26-14-10-6-11-15-26)37-21-19-28(20-22-37)36(2)33-24-30(25-12-8-5-9-13-25)35-31-23-27(34)17-18-29(31)33/h5-6,8-15,17-18,23-24,28,32H,3-4,7,16,19-22H2,1-2H3. The van der Waals surface area contributed by atoms with E-state index >= 15 is 0 Å². The Bertz CT molecular complexity index is 1280. The van der Waals surface area contributed by atoms with Crippen LogP contribution in [0.15, 0.2) is 84.9 Å². The van der Waals surface area contributed by atoms with E-state index in [1.807, 2.05) is 18.2 Å². The number of unbranched alkanes of at least 4 members (excludes halogenated alkanes) is 2. The van der Waals surface area contributed by atoms with E-state index in [1.165, 1.54) is 36.9 Å². The van der Waals surface area contributed by atoms with Crippen molar-refractivity contribution in [3.05, 3.63) is 95.5 Å². The maximum atomic E-state index is 6.38. The SMILES string of the molecule is CCCCCC(c1ccccc1)N1CCC(N(C)c2cc(-c3ccccc3)nc3cc(Cl)ccc23)CC1. The molecule has 0 spiro atoms. The Balaban J connectivity index is 1.37.